The van der Waals surface area contributed by atoms with Crippen molar-refractivity contribution in [1.29, 1.82) is 0 Å². The van der Waals surface area contributed by atoms with Gasteiger partial charge in [0.1, 0.15) is 0 Å². The lowest BCUT2D eigenvalue weighted by Crippen LogP contribution is -2.11. The molecule has 0 atom stereocenters. The largest absolute Gasteiger partial charge is 0.310 e. The zero-order chi connectivity index (χ0) is 33.3. The first-order valence-corrected chi connectivity index (χ1v) is 17.8. The predicted molar refractivity (Wildman–Crippen MR) is 216 cm³/mol. The van der Waals surface area contributed by atoms with Gasteiger partial charge in [-0.3, -0.25) is 0 Å². The lowest BCUT2D eigenvalue weighted by atomic mass is 9.95. The summed E-state index contributed by atoms with van der Waals surface area (Å²) in [5.41, 5.74) is 13.0. The van der Waals surface area contributed by atoms with Gasteiger partial charge >= 0.3 is 0 Å². The second-order valence-electron chi connectivity index (χ2n) is 12.6. The number of benzene rings is 8. The van der Waals surface area contributed by atoms with Crippen LogP contribution in [0.1, 0.15) is 0 Å². The van der Waals surface area contributed by atoms with E-state index in [1.165, 1.54) is 64.7 Å². The van der Waals surface area contributed by atoms with E-state index in [0.717, 1.165) is 17.1 Å². The molecule has 0 unspecified atom stereocenters. The van der Waals surface area contributed by atoms with Crippen LogP contribution in [0.3, 0.4) is 0 Å². The molecule has 1 nitrogen and oxygen atoms in total. The van der Waals surface area contributed by atoms with Gasteiger partial charge < -0.3 is 4.90 Å². The molecule has 2 heteroatoms. The molecule has 1 aromatic heterocycles. The zero-order valence-corrected chi connectivity index (χ0v) is 28.2. The molecule has 236 valence electrons. The average molecular weight is 656 g/mol. The van der Waals surface area contributed by atoms with Gasteiger partial charge in [0, 0.05) is 37.1 Å². The molecule has 0 aliphatic rings. The number of thiophene rings is 1. The maximum absolute atomic E-state index is 2.42. The van der Waals surface area contributed by atoms with Gasteiger partial charge in [-0.1, -0.05) is 158 Å². The molecule has 1 heterocycles. The van der Waals surface area contributed by atoms with Gasteiger partial charge in [0.15, 0.2) is 0 Å². The van der Waals surface area contributed by atoms with Crippen molar-refractivity contribution in [3.05, 3.63) is 200 Å². The molecular weight excluding hydrogens is 623 g/mol. The summed E-state index contributed by atoms with van der Waals surface area (Å²) in [6, 6.07) is 72.4. The normalized spacial score (nSPS) is 11.2. The van der Waals surface area contributed by atoms with E-state index >= 15 is 0 Å². The Hall–Kier alpha value is -6.22. The molecule has 0 N–H and O–H groups in total. The van der Waals surface area contributed by atoms with Crippen LogP contribution in [0.4, 0.5) is 17.1 Å². The summed E-state index contributed by atoms with van der Waals surface area (Å²) in [5.74, 6) is 0. The van der Waals surface area contributed by atoms with E-state index in [-0.39, 0.29) is 0 Å². The first-order valence-electron chi connectivity index (χ1n) is 17.0. The number of rotatable bonds is 7. The summed E-state index contributed by atoms with van der Waals surface area (Å²) in [6.07, 6.45) is 0. The van der Waals surface area contributed by atoms with Crippen LogP contribution in [0, 0.1) is 0 Å². The molecule has 0 amide bonds. The minimum Gasteiger partial charge on any atom is -0.310 e. The predicted octanol–water partition coefficient (Wildman–Crippen LogP) is 14.2. The van der Waals surface area contributed by atoms with E-state index in [2.05, 4.69) is 205 Å². The van der Waals surface area contributed by atoms with Crippen LogP contribution in [0.5, 0.6) is 0 Å². The Morgan fingerprint density at radius 2 is 0.760 bits per heavy atom. The van der Waals surface area contributed by atoms with Gasteiger partial charge in [0.2, 0.25) is 0 Å². The number of fused-ring (bicyclic) bond motifs is 3. The third-order valence-corrected chi connectivity index (χ3v) is 10.6. The molecule has 9 aromatic rings. The quantitative estimate of drug-likeness (QED) is 0.165. The molecule has 0 radical (unpaired) electrons. The highest BCUT2D eigenvalue weighted by atomic mass is 32.1. The van der Waals surface area contributed by atoms with E-state index in [4.69, 9.17) is 0 Å². The Labute approximate surface area is 297 Å². The van der Waals surface area contributed by atoms with Crippen molar-refractivity contribution in [2.75, 3.05) is 4.90 Å². The fraction of sp³-hybridized carbons (Fsp3) is 0. The molecule has 0 spiro atoms. The summed E-state index contributed by atoms with van der Waals surface area (Å²) in [5, 5.41) is 2.61. The molecule has 50 heavy (non-hydrogen) atoms. The van der Waals surface area contributed by atoms with Gasteiger partial charge in [-0.05, 0) is 81.4 Å². The molecule has 9 rings (SSSR count). The Balaban J connectivity index is 1.21. The van der Waals surface area contributed by atoms with Crippen LogP contribution in [0.15, 0.2) is 200 Å². The molecule has 8 aromatic carbocycles. The van der Waals surface area contributed by atoms with Gasteiger partial charge in [0.25, 0.3) is 0 Å². The molecule has 0 saturated heterocycles. The molecular formula is C48H33NS. The van der Waals surface area contributed by atoms with Crippen LogP contribution >= 0.6 is 11.3 Å². The lowest BCUT2D eigenvalue weighted by molar-refractivity contribution is 1.29. The standard InChI is InChI=1S/C48H33NS/c1-4-12-34(13-5-1)36-20-22-38(23-21-36)40-26-31-46(45(32-40)39-16-8-3-9-17-39)49(41-27-24-37(25-28-41)35-14-6-2-7-15-35)42-29-30-44-43-18-10-11-19-47(43)50-48(44)33-42/h1-33H. The van der Waals surface area contributed by atoms with Gasteiger partial charge in [0.05, 0.1) is 5.69 Å². The first-order chi connectivity index (χ1) is 24.8. The highest BCUT2D eigenvalue weighted by molar-refractivity contribution is 7.25. The molecule has 0 aliphatic heterocycles. The highest BCUT2D eigenvalue weighted by Crippen LogP contribution is 2.45. The van der Waals surface area contributed by atoms with Crippen molar-refractivity contribution < 1.29 is 0 Å². The summed E-state index contributed by atoms with van der Waals surface area (Å²) in [4.78, 5) is 2.42. The van der Waals surface area contributed by atoms with Gasteiger partial charge in [-0.15, -0.1) is 11.3 Å². The number of hydrogen-bond acceptors (Lipinski definition) is 2. The lowest BCUT2D eigenvalue weighted by Gasteiger charge is -2.28. The Morgan fingerprint density at radius 3 is 1.40 bits per heavy atom. The first kappa shape index (κ1) is 29.9. The van der Waals surface area contributed by atoms with Crippen molar-refractivity contribution in [2.24, 2.45) is 0 Å². The zero-order valence-electron chi connectivity index (χ0n) is 27.4. The third-order valence-electron chi connectivity index (χ3n) is 9.50. The summed E-state index contributed by atoms with van der Waals surface area (Å²) < 4.78 is 2.59. The summed E-state index contributed by atoms with van der Waals surface area (Å²) >= 11 is 1.86. The second-order valence-corrected chi connectivity index (χ2v) is 13.7. The van der Waals surface area contributed by atoms with Crippen molar-refractivity contribution in [3.63, 3.8) is 0 Å². The van der Waals surface area contributed by atoms with Crippen molar-refractivity contribution in [1.82, 2.24) is 0 Å². The SMILES string of the molecule is c1ccc(-c2ccc(-c3ccc(N(c4ccc(-c5ccccc5)cc4)c4ccc5c(c4)sc4ccccc45)c(-c4ccccc4)c3)cc2)cc1. The minimum absolute atomic E-state index is 1.11. The van der Waals surface area contributed by atoms with Gasteiger partial charge in [-0.2, -0.15) is 0 Å². The average Bonchev–Trinajstić information content (AvgIpc) is 3.57. The smallest absolute Gasteiger partial charge is 0.0540 e. The van der Waals surface area contributed by atoms with E-state index in [0.29, 0.717) is 0 Å². The molecule has 0 saturated carbocycles. The topological polar surface area (TPSA) is 3.24 Å². The fourth-order valence-electron chi connectivity index (χ4n) is 6.96. The van der Waals surface area contributed by atoms with Crippen molar-refractivity contribution in [3.8, 4) is 44.5 Å². The van der Waals surface area contributed by atoms with Crippen LogP contribution < -0.4 is 4.90 Å². The summed E-state index contributed by atoms with van der Waals surface area (Å²) in [7, 11) is 0. The Bertz CT molecular complexity index is 2550. The molecule has 0 aliphatic carbocycles. The second kappa shape index (κ2) is 13.0. The third kappa shape index (κ3) is 5.66. The van der Waals surface area contributed by atoms with Gasteiger partial charge in [-0.25, -0.2) is 0 Å². The fourth-order valence-corrected chi connectivity index (χ4v) is 8.10. The van der Waals surface area contributed by atoms with E-state index < -0.39 is 0 Å². The van der Waals surface area contributed by atoms with E-state index in [1.54, 1.807) is 0 Å². The van der Waals surface area contributed by atoms with Crippen LogP contribution in [-0.2, 0) is 0 Å². The Kier molecular flexibility index (Phi) is 7.77. The molecule has 0 bridgehead atoms. The van der Waals surface area contributed by atoms with Crippen LogP contribution in [0.25, 0.3) is 64.7 Å². The number of hydrogen-bond donors (Lipinski definition) is 0. The maximum Gasteiger partial charge on any atom is 0.0540 e. The van der Waals surface area contributed by atoms with Crippen LogP contribution in [0.2, 0.25) is 0 Å². The number of anilines is 3. The summed E-state index contributed by atoms with van der Waals surface area (Å²) in [6.45, 7) is 0. The van der Waals surface area contributed by atoms with Crippen LogP contribution in [-0.4, -0.2) is 0 Å². The number of nitrogens with zero attached hydrogens (tertiary/aromatic N) is 1. The van der Waals surface area contributed by atoms with Crippen molar-refractivity contribution >= 4 is 48.6 Å². The monoisotopic (exact) mass is 655 g/mol. The highest BCUT2D eigenvalue weighted by Gasteiger charge is 2.20. The minimum atomic E-state index is 1.11. The Morgan fingerprint density at radius 1 is 0.300 bits per heavy atom. The van der Waals surface area contributed by atoms with Crippen molar-refractivity contribution in [2.45, 2.75) is 0 Å². The molecule has 0 fully saturated rings. The maximum atomic E-state index is 2.42. The van der Waals surface area contributed by atoms with E-state index in [1.807, 2.05) is 11.3 Å². The van der Waals surface area contributed by atoms with E-state index in [9.17, 15) is 0 Å².